The Balaban J connectivity index is 2.19. The Morgan fingerprint density at radius 1 is 1.19 bits per heavy atom. The fraction of sp³-hybridized carbons (Fsp3) is 0.571. The molecule has 6 nitrogen and oxygen atoms in total. The normalized spacial score (nSPS) is 10.8. The molecule has 0 saturated heterocycles. The van der Waals surface area contributed by atoms with Crippen LogP contribution in [0.3, 0.4) is 0 Å². The number of ether oxygens (including phenoxy) is 1. The summed E-state index contributed by atoms with van der Waals surface area (Å²) in [6, 6.07) is 6.06. The quantitative estimate of drug-likeness (QED) is 0.293. The molecule has 0 amide bonds. The summed E-state index contributed by atoms with van der Waals surface area (Å²) in [5.41, 5.74) is 0.0584. The summed E-state index contributed by atoms with van der Waals surface area (Å²) >= 11 is 5.69. The Labute approximate surface area is 129 Å². The zero-order valence-electron chi connectivity index (χ0n) is 11.9. The van der Waals surface area contributed by atoms with Crippen molar-refractivity contribution in [3.05, 3.63) is 34.4 Å². The number of hydrogen-bond acceptors (Lipinski definition) is 5. The van der Waals surface area contributed by atoms with E-state index in [0.29, 0.717) is 24.8 Å². The standard InChI is InChI=1S/C14H21ClN2O4/c15-7-9-16(10-11-18)8-1-2-12-21-14-5-3-13(4-6-14)17(19)20/h3-6,18H,1-2,7-12H2. The summed E-state index contributed by atoms with van der Waals surface area (Å²) in [6.07, 6.45) is 1.82. The summed E-state index contributed by atoms with van der Waals surface area (Å²) in [4.78, 5) is 12.2. The molecule has 0 radical (unpaired) electrons. The molecule has 0 unspecified atom stereocenters. The van der Waals surface area contributed by atoms with Gasteiger partial charge in [-0.25, -0.2) is 0 Å². The van der Waals surface area contributed by atoms with Gasteiger partial charge in [0, 0.05) is 31.1 Å². The van der Waals surface area contributed by atoms with Crippen LogP contribution in [-0.2, 0) is 0 Å². The Hall–Kier alpha value is -1.37. The summed E-state index contributed by atoms with van der Waals surface area (Å²) in [7, 11) is 0. The SMILES string of the molecule is O=[N+]([O-])c1ccc(OCCCCN(CCO)CCCl)cc1. The molecule has 0 aromatic heterocycles. The van der Waals surface area contributed by atoms with E-state index in [0.717, 1.165) is 25.9 Å². The lowest BCUT2D eigenvalue weighted by Gasteiger charge is -2.19. The van der Waals surface area contributed by atoms with Crippen molar-refractivity contribution in [3.63, 3.8) is 0 Å². The van der Waals surface area contributed by atoms with E-state index in [1.807, 2.05) is 0 Å². The Bertz CT molecular complexity index is 408. The second-order valence-electron chi connectivity index (χ2n) is 4.56. The fourth-order valence-corrected chi connectivity index (χ4v) is 2.13. The van der Waals surface area contributed by atoms with Gasteiger partial charge >= 0.3 is 0 Å². The van der Waals surface area contributed by atoms with Crippen LogP contribution in [0.4, 0.5) is 5.69 Å². The molecule has 0 spiro atoms. The van der Waals surface area contributed by atoms with Crippen molar-refractivity contribution in [1.82, 2.24) is 4.90 Å². The zero-order valence-corrected chi connectivity index (χ0v) is 12.7. The average molecular weight is 317 g/mol. The highest BCUT2D eigenvalue weighted by molar-refractivity contribution is 6.18. The largest absolute Gasteiger partial charge is 0.494 e. The van der Waals surface area contributed by atoms with Crippen LogP contribution in [0.25, 0.3) is 0 Å². The average Bonchev–Trinajstić information content (AvgIpc) is 2.47. The number of aliphatic hydroxyl groups is 1. The lowest BCUT2D eigenvalue weighted by atomic mass is 10.3. The molecule has 1 rings (SSSR count). The Morgan fingerprint density at radius 2 is 1.90 bits per heavy atom. The van der Waals surface area contributed by atoms with E-state index in [4.69, 9.17) is 21.4 Å². The van der Waals surface area contributed by atoms with Gasteiger partial charge in [-0.1, -0.05) is 0 Å². The van der Waals surface area contributed by atoms with Crippen molar-refractivity contribution in [2.24, 2.45) is 0 Å². The minimum atomic E-state index is -0.434. The highest BCUT2D eigenvalue weighted by Crippen LogP contribution is 2.17. The van der Waals surface area contributed by atoms with E-state index >= 15 is 0 Å². The molecule has 1 aromatic carbocycles. The van der Waals surface area contributed by atoms with Gasteiger partial charge in [0.2, 0.25) is 0 Å². The van der Waals surface area contributed by atoms with Crippen molar-refractivity contribution in [2.45, 2.75) is 12.8 Å². The van der Waals surface area contributed by atoms with Crippen LogP contribution in [0.2, 0.25) is 0 Å². The smallest absolute Gasteiger partial charge is 0.269 e. The lowest BCUT2D eigenvalue weighted by Crippen LogP contribution is -2.30. The number of benzene rings is 1. The molecule has 0 saturated carbocycles. The van der Waals surface area contributed by atoms with Crippen LogP contribution in [0.15, 0.2) is 24.3 Å². The molecule has 21 heavy (non-hydrogen) atoms. The van der Waals surface area contributed by atoms with Crippen LogP contribution in [0.5, 0.6) is 5.75 Å². The van der Waals surface area contributed by atoms with Gasteiger partial charge in [-0.15, -0.1) is 11.6 Å². The van der Waals surface area contributed by atoms with Crippen LogP contribution in [0, 0.1) is 10.1 Å². The van der Waals surface area contributed by atoms with Gasteiger partial charge in [0.05, 0.1) is 18.1 Å². The first-order valence-electron chi connectivity index (χ1n) is 6.94. The van der Waals surface area contributed by atoms with E-state index in [-0.39, 0.29) is 12.3 Å². The third kappa shape index (κ3) is 7.27. The van der Waals surface area contributed by atoms with Gasteiger partial charge in [0.15, 0.2) is 0 Å². The van der Waals surface area contributed by atoms with Crippen molar-refractivity contribution in [2.75, 3.05) is 38.7 Å². The first kappa shape index (κ1) is 17.7. The van der Waals surface area contributed by atoms with Crippen molar-refractivity contribution < 1.29 is 14.8 Å². The molecular weight excluding hydrogens is 296 g/mol. The third-order valence-corrected chi connectivity index (χ3v) is 3.17. The van der Waals surface area contributed by atoms with Crippen molar-refractivity contribution in [3.8, 4) is 5.75 Å². The molecule has 7 heteroatoms. The molecule has 1 aromatic rings. The molecule has 0 fully saturated rings. The highest BCUT2D eigenvalue weighted by atomic mass is 35.5. The lowest BCUT2D eigenvalue weighted by molar-refractivity contribution is -0.384. The topological polar surface area (TPSA) is 75.8 Å². The molecular formula is C14H21ClN2O4. The van der Waals surface area contributed by atoms with E-state index in [1.165, 1.54) is 12.1 Å². The number of halogens is 1. The van der Waals surface area contributed by atoms with E-state index < -0.39 is 4.92 Å². The predicted molar refractivity (Wildman–Crippen MR) is 82.1 cm³/mol. The van der Waals surface area contributed by atoms with Gasteiger partial charge in [-0.05, 0) is 31.5 Å². The number of rotatable bonds is 11. The second kappa shape index (κ2) is 10.4. The maximum absolute atomic E-state index is 10.5. The Kier molecular flexibility index (Phi) is 8.73. The number of alkyl halides is 1. The van der Waals surface area contributed by atoms with Crippen LogP contribution in [0.1, 0.15) is 12.8 Å². The number of nitrogens with zero attached hydrogens (tertiary/aromatic N) is 2. The van der Waals surface area contributed by atoms with Crippen molar-refractivity contribution in [1.29, 1.82) is 0 Å². The number of non-ortho nitro benzene ring substituents is 1. The van der Waals surface area contributed by atoms with Gasteiger partial charge < -0.3 is 9.84 Å². The Morgan fingerprint density at radius 3 is 2.48 bits per heavy atom. The summed E-state index contributed by atoms with van der Waals surface area (Å²) in [6.45, 7) is 2.97. The number of unbranched alkanes of at least 4 members (excludes halogenated alkanes) is 1. The van der Waals surface area contributed by atoms with E-state index in [2.05, 4.69) is 4.90 Å². The number of nitro benzene ring substituents is 1. The first-order valence-corrected chi connectivity index (χ1v) is 7.47. The molecule has 0 aliphatic rings. The third-order valence-electron chi connectivity index (χ3n) is 3.00. The molecule has 0 aliphatic carbocycles. The highest BCUT2D eigenvalue weighted by Gasteiger charge is 2.05. The summed E-state index contributed by atoms with van der Waals surface area (Å²) < 4.78 is 5.53. The summed E-state index contributed by atoms with van der Waals surface area (Å²) in [5, 5.41) is 19.4. The van der Waals surface area contributed by atoms with Gasteiger partial charge in [0.25, 0.3) is 5.69 Å². The van der Waals surface area contributed by atoms with E-state index in [9.17, 15) is 10.1 Å². The number of hydrogen-bond donors (Lipinski definition) is 1. The monoisotopic (exact) mass is 316 g/mol. The van der Waals surface area contributed by atoms with Crippen LogP contribution >= 0.6 is 11.6 Å². The van der Waals surface area contributed by atoms with Crippen LogP contribution < -0.4 is 4.74 Å². The maximum Gasteiger partial charge on any atom is 0.269 e. The molecule has 118 valence electrons. The molecule has 0 atom stereocenters. The van der Waals surface area contributed by atoms with Crippen LogP contribution in [-0.4, -0.2) is 53.7 Å². The minimum Gasteiger partial charge on any atom is -0.494 e. The maximum atomic E-state index is 10.5. The number of aliphatic hydroxyl groups excluding tert-OH is 1. The molecule has 0 bridgehead atoms. The summed E-state index contributed by atoms with van der Waals surface area (Å²) in [5.74, 6) is 1.19. The molecule has 0 heterocycles. The second-order valence-corrected chi connectivity index (χ2v) is 4.94. The zero-order chi connectivity index (χ0) is 15.5. The van der Waals surface area contributed by atoms with Crippen molar-refractivity contribution >= 4 is 17.3 Å². The van der Waals surface area contributed by atoms with Gasteiger partial charge in [0.1, 0.15) is 5.75 Å². The van der Waals surface area contributed by atoms with Gasteiger partial charge in [-0.2, -0.15) is 0 Å². The molecule has 1 N–H and O–H groups in total. The number of nitro groups is 1. The first-order chi connectivity index (χ1) is 10.2. The minimum absolute atomic E-state index is 0.0584. The molecule has 0 aliphatic heterocycles. The predicted octanol–water partition coefficient (Wildman–Crippen LogP) is 2.29. The van der Waals surface area contributed by atoms with E-state index in [1.54, 1.807) is 12.1 Å². The fourth-order valence-electron chi connectivity index (χ4n) is 1.89. The van der Waals surface area contributed by atoms with Gasteiger partial charge in [-0.3, -0.25) is 15.0 Å².